The van der Waals surface area contributed by atoms with E-state index in [-0.39, 0.29) is 0 Å². The molecule has 1 aliphatic heterocycles. The molecule has 1 aliphatic rings. The molecule has 2 aromatic rings. The predicted octanol–water partition coefficient (Wildman–Crippen LogP) is 3.00. The van der Waals surface area contributed by atoms with Gasteiger partial charge in [0.15, 0.2) is 0 Å². The van der Waals surface area contributed by atoms with E-state index in [1.807, 2.05) is 11.4 Å². The van der Waals surface area contributed by atoms with Gasteiger partial charge in [-0.1, -0.05) is 30.3 Å². The summed E-state index contributed by atoms with van der Waals surface area (Å²) in [4.78, 5) is 14.0. The van der Waals surface area contributed by atoms with Gasteiger partial charge in [-0.05, 0) is 28.5 Å². The number of carboxylic acid groups (broad SMARTS) is 1. The van der Waals surface area contributed by atoms with Crippen molar-refractivity contribution in [3.8, 4) is 0 Å². The van der Waals surface area contributed by atoms with Gasteiger partial charge in [0.25, 0.3) is 0 Å². The number of carbonyl (C=O) groups is 1. The molecule has 98 valence electrons. The number of aromatic carboxylic acids is 1. The number of hydrogen-bond donors (Lipinski definition) is 1. The summed E-state index contributed by atoms with van der Waals surface area (Å²) in [5.41, 5.74) is 3.53. The highest BCUT2D eigenvalue weighted by atomic mass is 32.1. The van der Waals surface area contributed by atoms with Crippen molar-refractivity contribution in [2.24, 2.45) is 0 Å². The second kappa shape index (κ2) is 5.15. The van der Waals surface area contributed by atoms with Crippen LogP contribution in [0.1, 0.15) is 26.4 Å². The van der Waals surface area contributed by atoms with Crippen LogP contribution < -0.4 is 0 Å². The molecule has 0 aliphatic carbocycles. The van der Waals surface area contributed by atoms with Crippen molar-refractivity contribution in [1.82, 2.24) is 4.90 Å². The van der Waals surface area contributed by atoms with E-state index in [2.05, 4.69) is 29.2 Å². The van der Waals surface area contributed by atoms with Gasteiger partial charge < -0.3 is 5.11 Å². The first kappa shape index (κ1) is 12.4. The van der Waals surface area contributed by atoms with Crippen molar-refractivity contribution in [3.63, 3.8) is 0 Å². The van der Waals surface area contributed by atoms with Crippen molar-refractivity contribution in [2.75, 3.05) is 6.54 Å². The van der Waals surface area contributed by atoms with Crippen LogP contribution in [0.15, 0.2) is 35.7 Å². The fourth-order valence-electron chi connectivity index (χ4n) is 2.57. The number of rotatable bonds is 3. The minimum atomic E-state index is -0.789. The molecule has 0 radical (unpaired) electrons. The highest BCUT2D eigenvalue weighted by molar-refractivity contribution is 7.12. The summed E-state index contributed by atoms with van der Waals surface area (Å²) >= 11 is 1.36. The second-order valence-electron chi connectivity index (χ2n) is 4.82. The summed E-state index contributed by atoms with van der Waals surface area (Å²) in [6.45, 7) is 2.71. The minimum absolute atomic E-state index is 0.523. The lowest BCUT2D eigenvalue weighted by Gasteiger charge is -2.27. The van der Waals surface area contributed by atoms with Crippen molar-refractivity contribution in [2.45, 2.75) is 19.5 Å². The Morgan fingerprint density at radius 1 is 1.32 bits per heavy atom. The molecule has 0 amide bonds. The lowest BCUT2D eigenvalue weighted by Crippen LogP contribution is -2.29. The molecule has 3 rings (SSSR count). The van der Waals surface area contributed by atoms with E-state index in [1.165, 1.54) is 22.5 Å². The first-order valence-electron chi connectivity index (χ1n) is 6.33. The van der Waals surface area contributed by atoms with Gasteiger partial charge in [-0.2, -0.15) is 0 Å². The number of fused-ring (bicyclic) bond motifs is 1. The van der Waals surface area contributed by atoms with Crippen LogP contribution in [-0.2, 0) is 19.5 Å². The molecule has 0 atom stereocenters. The molecular formula is C15H15NO2S. The summed E-state index contributed by atoms with van der Waals surface area (Å²) in [5, 5.41) is 11.1. The van der Waals surface area contributed by atoms with Crippen LogP contribution in [0, 0.1) is 0 Å². The molecule has 3 nitrogen and oxygen atoms in total. The Kier molecular flexibility index (Phi) is 3.36. The average Bonchev–Trinajstić information content (AvgIpc) is 2.83. The second-order valence-corrected chi connectivity index (χ2v) is 5.70. The summed E-state index contributed by atoms with van der Waals surface area (Å²) in [6, 6.07) is 10.4. The van der Waals surface area contributed by atoms with Gasteiger partial charge in [0.05, 0.1) is 0 Å². The maximum Gasteiger partial charge on any atom is 0.346 e. The third-order valence-electron chi connectivity index (χ3n) is 3.50. The number of thiophene rings is 1. The molecule has 0 saturated carbocycles. The molecule has 1 N–H and O–H groups in total. The van der Waals surface area contributed by atoms with Crippen molar-refractivity contribution in [1.29, 1.82) is 0 Å². The fraction of sp³-hybridized carbons (Fsp3) is 0.267. The van der Waals surface area contributed by atoms with E-state index in [4.69, 9.17) is 5.11 Å². The predicted molar refractivity (Wildman–Crippen MR) is 75.5 cm³/mol. The zero-order valence-electron chi connectivity index (χ0n) is 10.5. The van der Waals surface area contributed by atoms with Gasteiger partial charge in [0.2, 0.25) is 0 Å². The van der Waals surface area contributed by atoms with Crippen LogP contribution in [0.3, 0.4) is 0 Å². The monoisotopic (exact) mass is 273 g/mol. The Bertz CT molecular complexity index is 591. The Hall–Kier alpha value is -1.65. The quantitative estimate of drug-likeness (QED) is 0.934. The third kappa shape index (κ3) is 2.55. The van der Waals surface area contributed by atoms with Gasteiger partial charge in [-0.25, -0.2) is 4.79 Å². The molecule has 0 spiro atoms. The van der Waals surface area contributed by atoms with E-state index < -0.39 is 5.97 Å². The van der Waals surface area contributed by atoms with Crippen molar-refractivity contribution in [3.05, 3.63) is 57.3 Å². The van der Waals surface area contributed by atoms with Crippen LogP contribution in [-0.4, -0.2) is 22.5 Å². The lowest BCUT2D eigenvalue weighted by atomic mass is 10.0. The van der Waals surface area contributed by atoms with E-state index in [9.17, 15) is 4.79 Å². The molecule has 0 saturated heterocycles. The van der Waals surface area contributed by atoms with Crippen molar-refractivity contribution >= 4 is 17.3 Å². The van der Waals surface area contributed by atoms with E-state index in [1.54, 1.807) is 0 Å². The molecule has 1 aromatic carbocycles. The normalized spacial score (nSPS) is 15.2. The Morgan fingerprint density at radius 2 is 2.11 bits per heavy atom. The van der Waals surface area contributed by atoms with Crippen molar-refractivity contribution < 1.29 is 9.90 Å². The highest BCUT2D eigenvalue weighted by Gasteiger charge is 2.23. The van der Waals surface area contributed by atoms with E-state index in [0.29, 0.717) is 4.88 Å². The summed E-state index contributed by atoms with van der Waals surface area (Å²) in [5.74, 6) is -0.789. The zero-order valence-corrected chi connectivity index (χ0v) is 11.3. The SMILES string of the molecule is O=C(O)c1scc2c1CCN(Cc1ccccc1)C2. The third-order valence-corrected chi connectivity index (χ3v) is 4.56. The molecule has 2 heterocycles. The van der Waals surface area contributed by atoms with Crippen LogP contribution in [0.4, 0.5) is 0 Å². The van der Waals surface area contributed by atoms with Crippen LogP contribution in [0.5, 0.6) is 0 Å². The van der Waals surface area contributed by atoms with Gasteiger partial charge >= 0.3 is 5.97 Å². The Labute approximate surface area is 116 Å². The number of nitrogens with zero attached hydrogens (tertiary/aromatic N) is 1. The zero-order chi connectivity index (χ0) is 13.2. The van der Waals surface area contributed by atoms with E-state index in [0.717, 1.165) is 31.6 Å². The number of hydrogen-bond acceptors (Lipinski definition) is 3. The smallest absolute Gasteiger partial charge is 0.346 e. The largest absolute Gasteiger partial charge is 0.477 e. The standard InChI is InChI=1S/C15H15NO2S/c17-15(18)14-13-6-7-16(9-12(13)10-19-14)8-11-4-2-1-3-5-11/h1-5,10H,6-9H2,(H,17,18). The summed E-state index contributed by atoms with van der Waals surface area (Å²) in [6.07, 6.45) is 0.841. The summed E-state index contributed by atoms with van der Waals surface area (Å²) < 4.78 is 0. The van der Waals surface area contributed by atoms with Gasteiger partial charge in [-0.15, -0.1) is 11.3 Å². The van der Waals surface area contributed by atoms with Crippen LogP contribution in [0.2, 0.25) is 0 Å². The number of benzene rings is 1. The first-order chi connectivity index (χ1) is 9.24. The Balaban J connectivity index is 1.74. The molecular weight excluding hydrogens is 258 g/mol. The number of carboxylic acids is 1. The molecule has 4 heteroatoms. The average molecular weight is 273 g/mol. The Morgan fingerprint density at radius 3 is 2.84 bits per heavy atom. The lowest BCUT2D eigenvalue weighted by molar-refractivity contribution is 0.0700. The molecule has 0 bridgehead atoms. The molecule has 0 unspecified atom stereocenters. The fourth-order valence-corrected chi connectivity index (χ4v) is 3.52. The molecule has 0 fully saturated rings. The van der Waals surface area contributed by atoms with Gasteiger partial charge in [0, 0.05) is 19.6 Å². The van der Waals surface area contributed by atoms with Crippen LogP contribution >= 0.6 is 11.3 Å². The summed E-state index contributed by atoms with van der Waals surface area (Å²) in [7, 11) is 0. The molecule has 1 aromatic heterocycles. The molecule has 19 heavy (non-hydrogen) atoms. The first-order valence-corrected chi connectivity index (χ1v) is 7.21. The highest BCUT2D eigenvalue weighted by Crippen LogP contribution is 2.28. The van der Waals surface area contributed by atoms with Crippen LogP contribution in [0.25, 0.3) is 0 Å². The van der Waals surface area contributed by atoms with Gasteiger partial charge in [0.1, 0.15) is 4.88 Å². The van der Waals surface area contributed by atoms with Gasteiger partial charge in [-0.3, -0.25) is 4.90 Å². The minimum Gasteiger partial charge on any atom is -0.477 e. The maximum atomic E-state index is 11.1. The maximum absolute atomic E-state index is 11.1. The van der Waals surface area contributed by atoms with E-state index >= 15 is 0 Å². The topological polar surface area (TPSA) is 40.5 Å².